The normalized spacial score (nSPS) is 26.4. The van der Waals surface area contributed by atoms with Crippen LogP contribution in [0, 0.1) is 5.92 Å². The third kappa shape index (κ3) is 4.21. The summed E-state index contributed by atoms with van der Waals surface area (Å²) in [4.78, 5) is 8.89. The van der Waals surface area contributed by atoms with Crippen LogP contribution in [0.1, 0.15) is 65.0 Å². The van der Waals surface area contributed by atoms with Crippen molar-refractivity contribution in [2.45, 2.75) is 83.6 Å². The highest BCUT2D eigenvalue weighted by Gasteiger charge is 2.45. The minimum absolute atomic E-state index is 0.217. The lowest BCUT2D eigenvalue weighted by Gasteiger charge is -2.43. The quantitative estimate of drug-likeness (QED) is 0.458. The highest BCUT2D eigenvalue weighted by atomic mass is 35.5. The fraction of sp³-hybridized carbons (Fsp3) is 0.810. The van der Waals surface area contributed by atoms with Crippen molar-refractivity contribution >= 4 is 25.7 Å². The van der Waals surface area contributed by atoms with E-state index >= 15 is 0 Å². The number of hydrogen-bond acceptors (Lipinski definition) is 6. The minimum atomic E-state index is -1.76. The number of fused-ring (bicyclic) bond motifs is 1. The Bertz CT molecular complexity index is 751. The molecule has 1 aromatic heterocycles. The van der Waals surface area contributed by atoms with Crippen molar-refractivity contribution in [3.8, 4) is 0 Å². The summed E-state index contributed by atoms with van der Waals surface area (Å²) in [5.74, 6) is 1.74. The first-order chi connectivity index (χ1) is 13.6. The van der Waals surface area contributed by atoms with E-state index in [0.717, 1.165) is 31.4 Å². The Hall–Kier alpha value is -0.733. The van der Waals surface area contributed by atoms with Crippen molar-refractivity contribution in [3.63, 3.8) is 0 Å². The SMILES string of the molecule is CC1c2cnc(Cl)nc2N(CC2CC2)N1N1CCCC1CO[Si](C)(C)C(C)(C)C. The molecule has 1 aromatic rings. The smallest absolute Gasteiger partial charge is 0.224 e. The molecule has 8 heteroatoms. The molecule has 2 atom stereocenters. The summed E-state index contributed by atoms with van der Waals surface area (Å²) in [5, 5.41) is 7.92. The van der Waals surface area contributed by atoms with Crippen LogP contribution in [0.3, 0.4) is 0 Å². The van der Waals surface area contributed by atoms with Crippen LogP contribution in [0.5, 0.6) is 0 Å². The van der Waals surface area contributed by atoms with Crippen LogP contribution in [0.15, 0.2) is 6.20 Å². The van der Waals surface area contributed by atoms with Crippen LogP contribution in [0.2, 0.25) is 23.4 Å². The lowest BCUT2D eigenvalue weighted by molar-refractivity contribution is -0.0789. The fourth-order valence-electron chi connectivity index (χ4n) is 4.15. The van der Waals surface area contributed by atoms with Gasteiger partial charge in [0.2, 0.25) is 5.28 Å². The summed E-state index contributed by atoms with van der Waals surface area (Å²) in [6.45, 7) is 16.8. The van der Waals surface area contributed by atoms with Gasteiger partial charge in [-0.3, -0.25) is 5.01 Å². The molecule has 29 heavy (non-hydrogen) atoms. The van der Waals surface area contributed by atoms with Crippen LogP contribution in [0.25, 0.3) is 0 Å². The summed E-state index contributed by atoms with van der Waals surface area (Å²) in [5.41, 5.74) is 1.17. The largest absolute Gasteiger partial charge is 0.415 e. The Labute approximate surface area is 181 Å². The molecule has 1 saturated heterocycles. The first-order valence-corrected chi connectivity index (χ1v) is 14.4. The van der Waals surface area contributed by atoms with Gasteiger partial charge in [0.05, 0.1) is 12.6 Å². The molecule has 0 bridgehead atoms. The van der Waals surface area contributed by atoms with E-state index in [1.807, 2.05) is 6.20 Å². The van der Waals surface area contributed by atoms with E-state index in [1.54, 1.807) is 0 Å². The van der Waals surface area contributed by atoms with Gasteiger partial charge in [-0.1, -0.05) is 20.8 Å². The summed E-state index contributed by atoms with van der Waals surface area (Å²) in [6.07, 6.45) is 6.91. The average Bonchev–Trinajstić information content (AvgIpc) is 3.27. The van der Waals surface area contributed by atoms with Gasteiger partial charge in [-0.2, -0.15) is 4.98 Å². The van der Waals surface area contributed by atoms with Crippen LogP contribution >= 0.6 is 11.6 Å². The zero-order valence-corrected chi connectivity index (χ0v) is 20.5. The van der Waals surface area contributed by atoms with Gasteiger partial charge in [-0.15, -0.1) is 5.12 Å². The van der Waals surface area contributed by atoms with Crippen molar-refractivity contribution < 1.29 is 4.43 Å². The lowest BCUT2D eigenvalue weighted by Crippen LogP contribution is -2.55. The molecule has 6 nitrogen and oxygen atoms in total. The zero-order chi connectivity index (χ0) is 21.0. The van der Waals surface area contributed by atoms with Gasteiger partial charge >= 0.3 is 0 Å². The number of hydrogen-bond donors (Lipinski definition) is 0. The molecule has 0 aromatic carbocycles. The molecule has 1 aliphatic carbocycles. The maximum Gasteiger partial charge on any atom is 0.224 e. The van der Waals surface area contributed by atoms with Gasteiger partial charge < -0.3 is 4.43 Å². The van der Waals surface area contributed by atoms with Gasteiger partial charge in [-0.25, -0.2) is 9.99 Å². The molecule has 3 aliphatic rings. The second-order valence-electron chi connectivity index (χ2n) is 10.5. The predicted molar refractivity (Wildman–Crippen MR) is 120 cm³/mol. The number of hydrazine groups is 2. The number of halogens is 1. The van der Waals surface area contributed by atoms with E-state index in [2.05, 4.69) is 65.9 Å². The Kier molecular flexibility index (Phi) is 5.75. The van der Waals surface area contributed by atoms with E-state index in [-0.39, 0.29) is 11.1 Å². The molecule has 2 unspecified atom stereocenters. The second-order valence-corrected chi connectivity index (χ2v) is 15.6. The van der Waals surface area contributed by atoms with E-state index < -0.39 is 8.32 Å². The van der Waals surface area contributed by atoms with E-state index in [9.17, 15) is 0 Å². The van der Waals surface area contributed by atoms with Crippen LogP contribution in [-0.2, 0) is 4.43 Å². The average molecular weight is 438 g/mol. The van der Waals surface area contributed by atoms with Gasteiger partial charge in [-0.05, 0) is 68.3 Å². The minimum Gasteiger partial charge on any atom is -0.415 e. The van der Waals surface area contributed by atoms with Crippen LogP contribution < -0.4 is 5.01 Å². The summed E-state index contributed by atoms with van der Waals surface area (Å²) in [6, 6.07) is 0.625. The Morgan fingerprint density at radius 1 is 1.24 bits per heavy atom. The maximum absolute atomic E-state index is 6.63. The fourth-order valence-corrected chi connectivity index (χ4v) is 5.32. The molecule has 0 N–H and O–H groups in total. The zero-order valence-electron chi connectivity index (χ0n) is 18.8. The molecule has 4 rings (SSSR count). The Morgan fingerprint density at radius 3 is 2.62 bits per heavy atom. The summed E-state index contributed by atoms with van der Waals surface area (Å²) < 4.78 is 6.63. The highest BCUT2D eigenvalue weighted by Crippen LogP contribution is 2.44. The lowest BCUT2D eigenvalue weighted by atomic mass is 10.2. The van der Waals surface area contributed by atoms with Crippen molar-refractivity contribution in [3.05, 3.63) is 17.0 Å². The molecule has 0 radical (unpaired) electrons. The topological polar surface area (TPSA) is 44.7 Å². The molecule has 0 spiro atoms. The standard InChI is InChI=1S/C21H36ClN5OSi/c1-15-18-12-23-20(22)24-19(18)26(13-16-9-10-16)27(15)25-11-7-8-17(25)14-28-29(5,6)21(2,3)4/h12,15-17H,7-11,13-14H2,1-6H3. The number of nitrogens with zero attached hydrogens (tertiary/aromatic N) is 5. The van der Waals surface area contributed by atoms with Crippen molar-refractivity contribution in [1.29, 1.82) is 0 Å². The van der Waals surface area contributed by atoms with Crippen LogP contribution in [0.4, 0.5) is 5.82 Å². The molecule has 162 valence electrons. The summed E-state index contributed by atoms with van der Waals surface area (Å²) in [7, 11) is -1.76. The first-order valence-electron chi connectivity index (χ1n) is 11.1. The molecule has 1 saturated carbocycles. The molecule has 2 fully saturated rings. The molecule has 0 amide bonds. The number of anilines is 1. The van der Waals surface area contributed by atoms with Crippen molar-refractivity contribution in [2.75, 3.05) is 24.7 Å². The van der Waals surface area contributed by atoms with Gasteiger partial charge in [0, 0.05) is 30.9 Å². The third-order valence-corrected chi connectivity index (χ3v) is 11.9. The third-order valence-electron chi connectivity index (χ3n) is 7.23. The highest BCUT2D eigenvalue weighted by molar-refractivity contribution is 6.74. The predicted octanol–water partition coefficient (Wildman–Crippen LogP) is 5.04. The van der Waals surface area contributed by atoms with Crippen molar-refractivity contribution in [1.82, 2.24) is 20.1 Å². The van der Waals surface area contributed by atoms with Crippen LogP contribution in [-0.4, -0.2) is 54.2 Å². The Balaban J connectivity index is 1.55. The molecule has 2 aliphatic heterocycles. The molecule has 3 heterocycles. The Morgan fingerprint density at radius 2 is 1.97 bits per heavy atom. The van der Waals surface area contributed by atoms with Gasteiger partial charge in [0.1, 0.15) is 0 Å². The van der Waals surface area contributed by atoms with E-state index in [0.29, 0.717) is 11.3 Å². The summed E-state index contributed by atoms with van der Waals surface area (Å²) >= 11 is 6.17. The van der Waals surface area contributed by atoms with E-state index in [1.165, 1.54) is 31.2 Å². The molecular formula is C21H36ClN5OSi. The maximum atomic E-state index is 6.63. The number of aromatic nitrogens is 2. The van der Waals surface area contributed by atoms with Gasteiger partial charge in [0.15, 0.2) is 14.1 Å². The second kappa shape index (κ2) is 7.75. The molecular weight excluding hydrogens is 402 g/mol. The number of rotatable bonds is 6. The van der Waals surface area contributed by atoms with E-state index in [4.69, 9.17) is 16.0 Å². The monoisotopic (exact) mass is 437 g/mol. The van der Waals surface area contributed by atoms with Crippen molar-refractivity contribution in [2.24, 2.45) is 5.92 Å². The first kappa shape index (κ1) is 21.5. The van der Waals surface area contributed by atoms with Gasteiger partial charge in [0.25, 0.3) is 0 Å².